The highest BCUT2D eigenvalue weighted by Gasteiger charge is 2.02. The van der Waals surface area contributed by atoms with Crippen molar-refractivity contribution in [3.8, 4) is 5.75 Å². The van der Waals surface area contributed by atoms with Gasteiger partial charge in [0.05, 0.1) is 12.6 Å². The van der Waals surface area contributed by atoms with Gasteiger partial charge >= 0.3 is 0 Å². The molecule has 1 amide bonds. The lowest BCUT2D eigenvalue weighted by atomic mass is 10.2. The van der Waals surface area contributed by atoms with Crippen molar-refractivity contribution in [1.82, 2.24) is 5.32 Å². The molecule has 0 heterocycles. The Bertz CT molecular complexity index is 580. The molecule has 0 unspecified atom stereocenters. The lowest BCUT2D eigenvalue weighted by Crippen LogP contribution is -2.27. The van der Waals surface area contributed by atoms with Crippen LogP contribution < -0.4 is 15.4 Å². The number of anilines is 1. The van der Waals surface area contributed by atoms with Gasteiger partial charge in [0.2, 0.25) is 5.91 Å². The summed E-state index contributed by atoms with van der Waals surface area (Å²) in [5.74, 6) is 0.812. The van der Waals surface area contributed by atoms with Gasteiger partial charge in [0, 0.05) is 12.2 Å². The van der Waals surface area contributed by atoms with Crippen molar-refractivity contribution in [3.63, 3.8) is 0 Å². The fourth-order valence-corrected chi connectivity index (χ4v) is 2.01. The van der Waals surface area contributed by atoms with Crippen LogP contribution in [0.3, 0.4) is 0 Å². The number of carbonyl (C=O) groups excluding carboxylic acids is 1. The van der Waals surface area contributed by atoms with Gasteiger partial charge in [0.1, 0.15) is 5.75 Å². The molecule has 0 spiro atoms. The van der Waals surface area contributed by atoms with Gasteiger partial charge in [0.15, 0.2) is 0 Å². The minimum absolute atomic E-state index is 0.0500. The van der Waals surface area contributed by atoms with Crippen LogP contribution in [-0.4, -0.2) is 18.6 Å². The van der Waals surface area contributed by atoms with Crippen LogP contribution in [0.5, 0.6) is 5.75 Å². The quantitative estimate of drug-likeness (QED) is 0.825. The maximum atomic E-state index is 11.8. The highest BCUT2D eigenvalue weighted by atomic mass is 16.5. The number of hydrogen-bond acceptors (Lipinski definition) is 3. The summed E-state index contributed by atoms with van der Waals surface area (Å²) in [4.78, 5) is 11.8. The molecule has 4 nitrogen and oxygen atoms in total. The molecule has 0 atom stereocenters. The summed E-state index contributed by atoms with van der Waals surface area (Å²) in [6.45, 7) is 4.92. The Labute approximate surface area is 131 Å². The number of rotatable bonds is 7. The fourth-order valence-electron chi connectivity index (χ4n) is 2.01. The molecular weight excluding hydrogens is 276 g/mol. The van der Waals surface area contributed by atoms with Crippen molar-refractivity contribution in [3.05, 3.63) is 60.2 Å². The molecule has 0 radical (unpaired) electrons. The first kappa shape index (κ1) is 16.0. The van der Waals surface area contributed by atoms with E-state index < -0.39 is 0 Å². The molecule has 2 N–H and O–H groups in total. The van der Waals surface area contributed by atoms with Gasteiger partial charge < -0.3 is 15.4 Å². The molecular formula is C18H22N2O2. The summed E-state index contributed by atoms with van der Waals surface area (Å²) in [6.07, 6.45) is 0.172. The Morgan fingerprint density at radius 1 is 1.05 bits per heavy atom. The first-order valence-corrected chi connectivity index (χ1v) is 7.44. The molecule has 4 heteroatoms. The Balaban J connectivity index is 1.73. The van der Waals surface area contributed by atoms with Crippen LogP contribution in [0.25, 0.3) is 0 Å². The molecule has 116 valence electrons. The van der Waals surface area contributed by atoms with E-state index in [0.717, 1.165) is 17.0 Å². The monoisotopic (exact) mass is 298 g/mol. The number of benzene rings is 2. The lowest BCUT2D eigenvalue weighted by Gasteiger charge is -2.10. The number of para-hydroxylation sites is 1. The van der Waals surface area contributed by atoms with Crippen LogP contribution in [-0.2, 0) is 11.3 Å². The smallest absolute Gasteiger partial charge is 0.238 e. The lowest BCUT2D eigenvalue weighted by molar-refractivity contribution is -0.115. The van der Waals surface area contributed by atoms with Crippen LogP contribution in [0.4, 0.5) is 5.69 Å². The molecule has 0 bridgehead atoms. The van der Waals surface area contributed by atoms with Crippen LogP contribution in [0.15, 0.2) is 54.6 Å². The summed E-state index contributed by atoms with van der Waals surface area (Å²) in [5.41, 5.74) is 1.92. The van der Waals surface area contributed by atoms with Gasteiger partial charge in [-0.25, -0.2) is 0 Å². The summed E-state index contributed by atoms with van der Waals surface area (Å²) >= 11 is 0. The predicted octanol–water partition coefficient (Wildman–Crippen LogP) is 3.20. The topological polar surface area (TPSA) is 50.4 Å². The van der Waals surface area contributed by atoms with Gasteiger partial charge in [-0.2, -0.15) is 0 Å². The standard InChI is InChI=1S/C18H22N2O2/c1-14(2)22-17-10-8-15(9-11-17)12-19-13-18(21)20-16-6-4-3-5-7-16/h3-11,14,19H,12-13H2,1-2H3,(H,20,21). The van der Waals surface area contributed by atoms with Crippen molar-refractivity contribution < 1.29 is 9.53 Å². The van der Waals surface area contributed by atoms with E-state index in [2.05, 4.69) is 10.6 Å². The van der Waals surface area contributed by atoms with Gasteiger partial charge in [-0.15, -0.1) is 0 Å². The summed E-state index contributed by atoms with van der Waals surface area (Å²) < 4.78 is 5.59. The summed E-state index contributed by atoms with van der Waals surface area (Å²) in [7, 11) is 0. The van der Waals surface area contributed by atoms with E-state index in [4.69, 9.17) is 4.74 Å². The second-order valence-electron chi connectivity index (χ2n) is 5.33. The SMILES string of the molecule is CC(C)Oc1ccc(CNCC(=O)Nc2ccccc2)cc1. The highest BCUT2D eigenvalue weighted by Crippen LogP contribution is 2.13. The minimum atomic E-state index is -0.0500. The number of ether oxygens (including phenoxy) is 1. The van der Waals surface area contributed by atoms with Crippen LogP contribution in [0.2, 0.25) is 0 Å². The van der Waals surface area contributed by atoms with Gasteiger partial charge in [-0.3, -0.25) is 4.79 Å². The molecule has 0 saturated carbocycles. The maximum Gasteiger partial charge on any atom is 0.238 e. The highest BCUT2D eigenvalue weighted by molar-refractivity contribution is 5.92. The zero-order valence-electron chi connectivity index (χ0n) is 13.0. The average molecular weight is 298 g/mol. The zero-order chi connectivity index (χ0) is 15.8. The Morgan fingerprint density at radius 2 is 1.73 bits per heavy atom. The van der Waals surface area contributed by atoms with Gasteiger partial charge in [-0.1, -0.05) is 30.3 Å². The van der Waals surface area contributed by atoms with Crippen LogP contribution in [0, 0.1) is 0 Å². The zero-order valence-corrected chi connectivity index (χ0v) is 13.0. The van der Waals surface area contributed by atoms with Crippen molar-refractivity contribution in [2.75, 3.05) is 11.9 Å². The van der Waals surface area contributed by atoms with E-state index in [0.29, 0.717) is 6.54 Å². The van der Waals surface area contributed by atoms with Gasteiger partial charge in [0.25, 0.3) is 0 Å². The van der Waals surface area contributed by atoms with E-state index in [1.54, 1.807) is 0 Å². The van der Waals surface area contributed by atoms with Crippen LogP contribution in [0.1, 0.15) is 19.4 Å². The van der Waals surface area contributed by atoms with Crippen molar-refractivity contribution in [2.45, 2.75) is 26.5 Å². The van der Waals surface area contributed by atoms with Crippen molar-refractivity contribution >= 4 is 11.6 Å². The van der Waals surface area contributed by atoms with Gasteiger partial charge in [-0.05, 0) is 43.7 Å². The molecule has 0 saturated heterocycles. The molecule has 2 aromatic rings. The van der Waals surface area contributed by atoms with Crippen molar-refractivity contribution in [1.29, 1.82) is 0 Å². The van der Waals surface area contributed by atoms with E-state index in [9.17, 15) is 4.79 Å². The number of hydrogen-bond donors (Lipinski definition) is 2. The van der Waals surface area contributed by atoms with Crippen LogP contribution >= 0.6 is 0 Å². The van der Waals surface area contributed by atoms with E-state index >= 15 is 0 Å². The largest absolute Gasteiger partial charge is 0.491 e. The van der Waals surface area contributed by atoms with Crippen molar-refractivity contribution in [2.24, 2.45) is 0 Å². The fraction of sp³-hybridized carbons (Fsp3) is 0.278. The second-order valence-corrected chi connectivity index (χ2v) is 5.33. The number of nitrogens with one attached hydrogen (secondary N) is 2. The first-order valence-electron chi connectivity index (χ1n) is 7.44. The molecule has 0 fully saturated rings. The number of carbonyl (C=O) groups is 1. The number of amides is 1. The minimum Gasteiger partial charge on any atom is -0.491 e. The Morgan fingerprint density at radius 3 is 2.36 bits per heavy atom. The average Bonchev–Trinajstić information content (AvgIpc) is 2.49. The molecule has 0 aliphatic heterocycles. The third-order valence-corrected chi connectivity index (χ3v) is 2.97. The Kier molecular flexibility index (Phi) is 5.98. The second kappa shape index (κ2) is 8.20. The molecule has 22 heavy (non-hydrogen) atoms. The third-order valence-electron chi connectivity index (χ3n) is 2.97. The molecule has 2 aromatic carbocycles. The normalized spacial score (nSPS) is 10.5. The predicted molar refractivity (Wildman–Crippen MR) is 89.0 cm³/mol. The maximum absolute atomic E-state index is 11.8. The molecule has 0 aliphatic rings. The first-order chi connectivity index (χ1) is 10.6. The molecule has 2 rings (SSSR count). The van der Waals surface area contributed by atoms with E-state index in [1.165, 1.54) is 0 Å². The summed E-state index contributed by atoms with van der Waals surface area (Å²) in [6, 6.07) is 17.3. The molecule has 0 aliphatic carbocycles. The molecule has 0 aromatic heterocycles. The Hall–Kier alpha value is -2.33. The van der Waals surface area contributed by atoms with E-state index in [-0.39, 0.29) is 18.6 Å². The third kappa shape index (κ3) is 5.58. The van der Waals surface area contributed by atoms with E-state index in [1.807, 2.05) is 68.4 Å². The summed E-state index contributed by atoms with van der Waals surface area (Å²) in [5, 5.41) is 5.97.